The molecule has 2 rings (SSSR count). The summed E-state index contributed by atoms with van der Waals surface area (Å²) in [5, 5.41) is 2.84. The van der Waals surface area contributed by atoms with Gasteiger partial charge in [0.1, 0.15) is 5.15 Å². The molecule has 1 heterocycles. The van der Waals surface area contributed by atoms with E-state index in [1.54, 1.807) is 32.0 Å². The Balaban J connectivity index is 2.46. The molecule has 6 nitrogen and oxygen atoms in total. The van der Waals surface area contributed by atoms with Crippen molar-refractivity contribution in [3.8, 4) is 0 Å². The number of nitrogens with zero attached hydrogens (tertiary/aromatic N) is 2. The Morgan fingerprint density at radius 2 is 1.88 bits per heavy atom. The highest BCUT2D eigenvalue weighted by atomic mass is 35.5. The van der Waals surface area contributed by atoms with Crippen molar-refractivity contribution in [1.82, 2.24) is 9.29 Å². The van der Waals surface area contributed by atoms with Gasteiger partial charge in [0, 0.05) is 25.0 Å². The fourth-order valence-electron chi connectivity index (χ4n) is 2.56. The number of halogens is 1. The number of hydrogen-bond donors (Lipinski definition) is 1. The van der Waals surface area contributed by atoms with Crippen molar-refractivity contribution in [2.24, 2.45) is 0 Å². The summed E-state index contributed by atoms with van der Waals surface area (Å²) < 4.78 is 27.0. The largest absolute Gasteiger partial charge is 0.322 e. The molecule has 0 aliphatic heterocycles. The van der Waals surface area contributed by atoms with E-state index in [1.807, 2.05) is 13.8 Å². The number of aryl methyl sites for hydroxylation is 1. The molecule has 0 radical (unpaired) electrons. The zero-order valence-corrected chi connectivity index (χ0v) is 16.8. The predicted molar refractivity (Wildman–Crippen MR) is 103 cm³/mol. The molecule has 1 N–H and O–H groups in total. The number of pyridine rings is 1. The number of amides is 1. The molecule has 1 amide bonds. The summed E-state index contributed by atoms with van der Waals surface area (Å²) in [4.78, 5) is 16.5. The first-order chi connectivity index (χ1) is 12.2. The third-order valence-electron chi connectivity index (χ3n) is 4.24. The van der Waals surface area contributed by atoms with Crippen LogP contribution in [-0.2, 0) is 10.0 Å². The van der Waals surface area contributed by atoms with Crippen LogP contribution in [0.25, 0.3) is 0 Å². The first-order valence-electron chi connectivity index (χ1n) is 8.25. The SMILES string of the molecule is CCN(CC)S(=O)(=O)c1cc(C)c(C)c(NC(=O)c2cccnc2Cl)c1. The molecule has 8 heteroatoms. The quantitative estimate of drug-likeness (QED) is 0.757. The monoisotopic (exact) mass is 395 g/mol. The van der Waals surface area contributed by atoms with E-state index in [-0.39, 0.29) is 15.6 Å². The van der Waals surface area contributed by atoms with E-state index in [0.717, 1.165) is 11.1 Å². The molecule has 140 valence electrons. The Bertz CT molecular complexity index is 925. The van der Waals surface area contributed by atoms with Crippen molar-refractivity contribution in [2.45, 2.75) is 32.6 Å². The number of nitrogens with one attached hydrogen (secondary N) is 1. The minimum atomic E-state index is -3.63. The van der Waals surface area contributed by atoms with Gasteiger partial charge >= 0.3 is 0 Å². The summed E-state index contributed by atoms with van der Waals surface area (Å²) in [6.07, 6.45) is 1.49. The lowest BCUT2D eigenvalue weighted by Gasteiger charge is -2.20. The maximum atomic E-state index is 12.8. The van der Waals surface area contributed by atoms with E-state index < -0.39 is 15.9 Å². The van der Waals surface area contributed by atoms with Crippen molar-refractivity contribution in [3.05, 3.63) is 52.3 Å². The van der Waals surface area contributed by atoms with Gasteiger partial charge in [0.2, 0.25) is 10.0 Å². The standard InChI is InChI=1S/C18H22ClN3O3S/c1-5-22(6-2)26(24,25)14-10-12(3)13(4)16(11-14)21-18(23)15-8-7-9-20-17(15)19/h7-11H,5-6H2,1-4H3,(H,21,23). The average molecular weight is 396 g/mol. The van der Waals surface area contributed by atoms with Crippen LogP contribution in [0.1, 0.15) is 35.3 Å². The molecule has 1 aromatic heterocycles. The molecule has 0 spiro atoms. The zero-order chi connectivity index (χ0) is 19.5. The molecular formula is C18H22ClN3O3S. The topological polar surface area (TPSA) is 79.4 Å². The van der Waals surface area contributed by atoms with Crippen LogP contribution in [0, 0.1) is 13.8 Å². The van der Waals surface area contributed by atoms with Gasteiger partial charge in [0.25, 0.3) is 5.91 Å². The first-order valence-corrected chi connectivity index (χ1v) is 10.1. The summed E-state index contributed by atoms with van der Waals surface area (Å²) in [7, 11) is -3.63. The van der Waals surface area contributed by atoms with Crippen LogP contribution in [0.2, 0.25) is 5.15 Å². The zero-order valence-electron chi connectivity index (χ0n) is 15.2. The van der Waals surface area contributed by atoms with Gasteiger partial charge in [-0.1, -0.05) is 25.4 Å². The highest BCUT2D eigenvalue weighted by Gasteiger charge is 2.24. The van der Waals surface area contributed by atoms with Crippen LogP contribution in [0.4, 0.5) is 5.69 Å². The molecule has 2 aromatic rings. The highest BCUT2D eigenvalue weighted by Crippen LogP contribution is 2.27. The van der Waals surface area contributed by atoms with Crippen LogP contribution in [-0.4, -0.2) is 36.7 Å². The van der Waals surface area contributed by atoms with Gasteiger partial charge in [-0.25, -0.2) is 13.4 Å². The average Bonchev–Trinajstić information content (AvgIpc) is 2.59. The second-order valence-electron chi connectivity index (χ2n) is 5.80. The van der Waals surface area contributed by atoms with Gasteiger partial charge < -0.3 is 5.32 Å². The third kappa shape index (κ3) is 4.06. The lowest BCUT2D eigenvalue weighted by molar-refractivity contribution is 0.102. The number of carbonyl (C=O) groups excluding carboxylic acids is 1. The van der Waals surface area contributed by atoms with E-state index in [9.17, 15) is 13.2 Å². The number of benzene rings is 1. The second-order valence-corrected chi connectivity index (χ2v) is 8.09. The molecule has 0 aliphatic rings. The van der Waals surface area contributed by atoms with Crippen molar-refractivity contribution in [1.29, 1.82) is 0 Å². The molecule has 0 bridgehead atoms. The van der Waals surface area contributed by atoms with Crippen molar-refractivity contribution in [3.63, 3.8) is 0 Å². The number of hydrogen-bond acceptors (Lipinski definition) is 4. The predicted octanol–water partition coefficient (Wildman–Crippen LogP) is 3.63. The Labute approximate surface area is 159 Å². The number of rotatable bonds is 6. The van der Waals surface area contributed by atoms with E-state index in [1.165, 1.54) is 16.6 Å². The summed E-state index contributed by atoms with van der Waals surface area (Å²) >= 11 is 5.96. The van der Waals surface area contributed by atoms with Crippen molar-refractivity contribution >= 4 is 33.2 Å². The number of anilines is 1. The van der Waals surface area contributed by atoms with Crippen LogP contribution < -0.4 is 5.32 Å². The lowest BCUT2D eigenvalue weighted by atomic mass is 10.1. The van der Waals surface area contributed by atoms with E-state index in [2.05, 4.69) is 10.3 Å². The molecule has 0 aliphatic carbocycles. The third-order valence-corrected chi connectivity index (χ3v) is 6.56. The minimum Gasteiger partial charge on any atom is -0.322 e. The molecule has 0 unspecified atom stereocenters. The van der Waals surface area contributed by atoms with Crippen LogP contribution in [0.15, 0.2) is 35.4 Å². The van der Waals surface area contributed by atoms with Gasteiger partial charge in [-0.05, 0) is 49.2 Å². The molecule has 0 fully saturated rings. The van der Waals surface area contributed by atoms with Gasteiger partial charge in [-0.15, -0.1) is 0 Å². The van der Waals surface area contributed by atoms with E-state index in [0.29, 0.717) is 18.8 Å². The Hall–Kier alpha value is -1.96. The molecule has 0 atom stereocenters. The normalized spacial score (nSPS) is 11.6. The summed E-state index contributed by atoms with van der Waals surface area (Å²) in [6.45, 7) is 7.95. The first kappa shape index (κ1) is 20.4. The number of sulfonamides is 1. The van der Waals surface area contributed by atoms with Gasteiger partial charge in [-0.3, -0.25) is 4.79 Å². The van der Waals surface area contributed by atoms with Crippen LogP contribution in [0.3, 0.4) is 0 Å². The molecule has 26 heavy (non-hydrogen) atoms. The Morgan fingerprint density at radius 1 is 1.23 bits per heavy atom. The Kier molecular flexibility index (Phi) is 6.39. The smallest absolute Gasteiger partial charge is 0.258 e. The summed E-state index contributed by atoms with van der Waals surface area (Å²) in [5.41, 5.74) is 2.21. The van der Waals surface area contributed by atoms with Crippen molar-refractivity contribution < 1.29 is 13.2 Å². The Morgan fingerprint density at radius 3 is 2.46 bits per heavy atom. The highest BCUT2D eigenvalue weighted by molar-refractivity contribution is 7.89. The maximum Gasteiger partial charge on any atom is 0.258 e. The molecule has 1 aromatic carbocycles. The van der Waals surface area contributed by atoms with Gasteiger partial charge in [-0.2, -0.15) is 4.31 Å². The van der Waals surface area contributed by atoms with Crippen LogP contribution in [0.5, 0.6) is 0 Å². The molecule has 0 saturated heterocycles. The van der Waals surface area contributed by atoms with E-state index >= 15 is 0 Å². The van der Waals surface area contributed by atoms with Gasteiger partial charge in [0.05, 0.1) is 10.5 Å². The summed E-state index contributed by atoms with van der Waals surface area (Å²) in [6, 6.07) is 6.28. The maximum absolute atomic E-state index is 12.8. The van der Waals surface area contributed by atoms with E-state index in [4.69, 9.17) is 11.6 Å². The number of carbonyl (C=O) groups is 1. The minimum absolute atomic E-state index is 0.0892. The second kappa shape index (κ2) is 8.16. The fourth-order valence-corrected chi connectivity index (χ4v) is 4.34. The lowest BCUT2D eigenvalue weighted by Crippen LogP contribution is -2.30. The number of aromatic nitrogens is 1. The molecular weight excluding hydrogens is 374 g/mol. The summed E-state index contributed by atoms with van der Waals surface area (Å²) in [5.74, 6) is -0.442. The van der Waals surface area contributed by atoms with Crippen LogP contribution >= 0.6 is 11.6 Å². The van der Waals surface area contributed by atoms with Gasteiger partial charge in [0.15, 0.2) is 0 Å². The van der Waals surface area contributed by atoms with Crippen molar-refractivity contribution in [2.75, 3.05) is 18.4 Å². The fraction of sp³-hybridized carbons (Fsp3) is 0.333. The molecule has 0 saturated carbocycles.